The van der Waals surface area contributed by atoms with Gasteiger partial charge in [-0.25, -0.2) is 0 Å². The molecule has 0 N–H and O–H groups in total. The molecule has 0 aliphatic carbocycles. The van der Waals surface area contributed by atoms with Gasteiger partial charge in [0.2, 0.25) is 0 Å². The second-order valence-corrected chi connectivity index (χ2v) is 7.02. The van der Waals surface area contributed by atoms with Crippen molar-refractivity contribution in [1.82, 2.24) is 9.80 Å². The first-order chi connectivity index (χ1) is 14.5. The molecule has 0 spiro atoms. The number of hydrogen-bond acceptors (Lipinski definition) is 5. The number of carbonyl (C=O) groups excluding carboxylic acids is 2. The van der Waals surface area contributed by atoms with Crippen LogP contribution in [0.15, 0.2) is 42.5 Å². The van der Waals surface area contributed by atoms with E-state index in [1.807, 2.05) is 24.3 Å². The van der Waals surface area contributed by atoms with E-state index in [1.54, 1.807) is 42.2 Å². The number of aryl methyl sites for hydroxylation is 1. The van der Waals surface area contributed by atoms with Gasteiger partial charge < -0.3 is 24.0 Å². The molecule has 2 aromatic carbocycles. The SMILES string of the molecule is CCc1ccccc1OCC(=O)N1CCN(C(=O)c2cc(OC)cc(OC)c2)CC1. The van der Waals surface area contributed by atoms with Gasteiger partial charge in [0.05, 0.1) is 14.2 Å². The average Bonchev–Trinajstić information content (AvgIpc) is 2.81. The normalized spacial score (nSPS) is 13.7. The van der Waals surface area contributed by atoms with Crippen molar-refractivity contribution in [2.45, 2.75) is 13.3 Å². The summed E-state index contributed by atoms with van der Waals surface area (Å²) in [6.45, 7) is 3.94. The lowest BCUT2D eigenvalue weighted by Crippen LogP contribution is -2.51. The molecule has 1 saturated heterocycles. The summed E-state index contributed by atoms with van der Waals surface area (Å²) < 4.78 is 16.2. The molecule has 0 saturated carbocycles. The Morgan fingerprint density at radius 1 is 0.900 bits per heavy atom. The van der Waals surface area contributed by atoms with Crippen molar-refractivity contribution in [1.29, 1.82) is 0 Å². The lowest BCUT2D eigenvalue weighted by Gasteiger charge is -2.34. The smallest absolute Gasteiger partial charge is 0.260 e. The second kappa shape index (κ2) is 10.0. The molecule has 0 aromatic heterocycles. The van der Waals surface area contributed by atoms with Crippen LogP contribution < -0.4 is 14.2 Å². The predicted molar refractivity (Wildman–Crippen MR) is 113 cm³/mol. The minimum absolute atomic E-state index is 0.00194. The van der Waals surface area contributed by atoms with Crippen molar-refractivity contribution < 1.29 is 23.8 Å². The predicted octanol–water partition coefficient (Wildman–Crippen LogP) is 2.63. The summed E-state index contributed by atoms with van der Waals surface area (Å²) in [5.41, 5.74) is 1.58. The van der Waals surface area contributed by atoms with E-state index in [9.17, 15) is 9.59 Å². The van der Waals surface area contributed by atoms with Crippen LogP contribution in [0.1, 0.15) is 22.8 Å². The lowest BCUT2D eigenvalue weighted by atomic mass is 10.1. The molecule has 0 unspecified atom stereocenters. The number of hydrogen-bond donors (Lipinski definition) is 0. The molecule has 2 amide bonds. The maximum absolute atomic E-state index is 12.9. The maximum atomic E-state index is 12.9. The van der Waals surface area contributed by atoms with Crippen molar-refractivity contribution in [3.63, 3.8) is 0 Å². The number of para-hydroxylation sites is 1. The van der Waals surface area contributed by atoms with Crippen LogP contribution in [0, 0.1) is 0 Å². The molecule has 2 aromatic rings. The highest BCUT2D eigenvalue weighted by Gasteiger charge is 2.25. The molecule has 7 nitrogen and oxygen atoms in total. The number of carbonyl (C=O) groups is 2. The van der Waals surface area contributed by atoms with E-state index in [4.69, 9.17) is 14.2 Å². The van der Waals surface area contributed by atoms with Gasteiger partial charge in [-0.05, 0) is 30.2 Å². The molecule has 1 aliphatic rings. The van der Waals surface area contributed by atoms with E-state index in [0.29, 0.717) is 43.2 Å². The van der Waals surface area contributed by atoms with Gasteiger partial charge in [-0.1, -0.05) is 25.1 Å². The van der Waals surface area contributed by atoms with Crippen LogP contribution in [-0.2, 0) is 11.2 Å². The Bertz CT molecular complexity index is 869. The molecule has 1 fully saturated rings. The lowest BCUT2D eigenvalue weighted by molar-refractivity contribution is -0.134. The molecule has 1 heterocycles. The van der Waals surface area contributed by atoms with Gasteiger partial charge in [-0.2, -0.15) is 0 Å². The first-order valence-corrected chi connectivity index (χ1v) is 10.1. The zero-order valence-corrected chi connectivity index (χ0v) is 17.7. The summed E-state index contributed by atoms with van der Waals surface area (Å²) in [5.74, 6) is 1.70. The molecule has 0 atom stereocenters. The Balaban J connectivity index is 1.55. The fraction of sp³-hybridized carbons (Fsp3) is 0.391. The third-order valence-electron chi connectivity index (χ3n) is 5.22. The van der Waals surface area contributed by atoms with Crippen LogP contribution in [0.3, 0.4) is 0 Å². The Morgan fingerprint density at radius 2 is 1.50 bits per heavy atom. The van der Waals surface area contributed by atoms with Gasteiger partial charge >= 0.3 is 0 Å². The van der Waals surface area contributed by atoms with Gasteiger partial charge in [0.1, 0.15) is 17.2 Å². The fourth-order valence-electron chi connectivity index (χ4n) is 3.44. The largest absolute Gasteiger partial charge is 0.497 e. The van der Waals surface area contributed by atoms with Crippen molar-refractivity contribution in [3.8, 4) is 17.2 Å². The Kier molecular flexibility index (Phi) is 7.17. The van der Waals surface area contributed by atoms with Crippen LogP contribution in [0.4, 0.5) is 0 Å². The number of benzene rings is 2. The van der Waals surface area contributed by atoms with Crippen molar-refractivity contribution in [2.24, 2.45) is 0 Å². The van der Waals surface area contributed by atoms with Crippen LogP contribution >= 0.6 is 0 Å². The number of nitrogens with zero attached hydrogens (tertiary/aromatic N) is 2. The Morgan fingerprint density at radius 3 is 2.10 bits per heavy atom. The van der Waals surface area contributed by atoms with Crippen LogP contribution in [0.2, 0.25) is 0 Å². The average molecular weight is 412 g/mol. The first kappa shape index (κ1) is 21.5. The molecular formula is C23H28N2O5. The monoisotopic (exact) mass is 412 g/mol. The van der Waals surface area contributed by atoms with Gasteiger partial charge in [-0.15, -0.1) is 0 Å². The standard InChI is InChI=1S/C23H28N2O5/c1-4-17-7-5-6-8-21(17)30-16-22(26)24-9-11-25(12-10-24)23(27)18-13-19(28-2)15-20(14-18)29-3/h5-8,13-15H,4,9-12,16H2,1-3H3. The van der Waals surface area contributed by atoms with Gasteiger partial charge in [0, 0.05) is 37.8 Å². The Hall–Kier alpha value is -3.22. The first-order valence-electron chi connectivity index (χ1n) is 10.1. The van der Waals surface area contributed by atoms with E-state index < -0.39 is 0 Å². The summed E-state index contributed by atoms with van der Waals surface area (Å²) in [5, 5.41) is 0. The van der Waals surface area contributed by atoms with Gasteiger partial charge in [0.25, 0.3) is 11.8 Å². The van der Waals surface area contributed by atoms with Crippen molar-refractivity contribution >= 4 is 11.8 Å². The van der Waals surface area contributed by atoms with Gasteiger partial charge in [0.15, 0.2) is 6.61 Å². The topological polar surface area (TPSA) is 68.3 Å². The van der Waals surface area contributed by atoms with E-state index in [0.717, 1.165) is 17.7 Å². The number of methoxy groups -OCH3 is 2. The zero-order valence-electron chi connectivity index (χ0n) is 17.7. The minimum atomic E-state index is -0.104. The second-order valence-electron chi connectivity index (χ2n) is 7.02. The minimum Gasteiger partial charge on any atom is -0.497 e. The number of rotatable bonds is 7. The van der Waals surface area contributed by atoms with Crippen LogP contribution in [-0.4, -0.2) is 68.6 Å². The summed E-state index contributed by atoms with van der Waals surface area (Å²) in [6.07, 6.45) is 0.847. The van der Waals surface area contributed by atoms with E-state index in [-0.39, 0.29) is 18.4 Å². The zero-order chi connectivity index (χ0) is 21.5. The number of amides is 2. The van der Waals surface area contributed by atoms with Crippen LogP contribution in [0.5, 0.6) is 17.2 Å². The van der Waals surface area contributed by atoms with E-state index >= 15 is 0 Å². The summed E-state index contributed by atoms with van der Waals surface area (Å²) >= 11 is 0. The molecule has 160 valence electrons. The molecule has 7 heteroatoms. The summed E-state index contributed by atoms with van der Waals surface area (Å²) in [7, 11) is 3.10. The van der Waals surface area contributed by atoms with Gasteiger partial charge in [-0.3, -0.25) is 9.59 Å². The van der Waals surface area contributed by atoms with E-state index in [2.05, 4.69) is 6.92 Å². The third-order valence-corrected chi connectivity index (χ3v) is 5.22. The summed E-state index contributed by atoms with van der Waals surface area (Å²) in [4.78, 5) is 28.9. The highest BCUT2D eigenvalue weighted by atomic mass is 16.5. The van der Waals surface area contributed by atoms with Crippen molar-refractivity contribution in [2.75, 3.05) is 47.0 Å². The molecule has 1 aliphatic heterocycles. The van der Waals surface area contributed by atoms with Crippen molar-refractivity contribution in [3.05, 3.63) is 53.6 Å². The quantitative estimate of drug-likeness (QED) is 0.699. The number of piperazine rings is 1. The number of ether oxygens (including phenoxy) is 3. The maximum Gasteiger partial charge on any atom is 0.260 e. The highest BCUT2D eigenvalue weighted by Crippen LogP contribution is 2.24. The highest BCUT2D eigenvalue weighted by molar-refractivity contribution is 5.95. The molecule has 0 bridgehead atoms. The molecule has 30 heavy (non-hydrogen) atoms. The van der Waals surface area contributed by atoms with Crippen LogP contribution in [0.25, 0.3) is 0 Å². The van der Waals surface area contributed by atoms with E-state index in [1.165, 1.54) is 0 Å². The Labute approximate surface area is 177 Å². The molecule has 3 rings (SSSR count). The molecular weight excluding hydrogens is 384 g/mol. The third kappa shape index (κ3) is 5.03. The fourth-order valence-corrected chi connectivity index (χ4v) is 3.44. The molecule has 0 radical (unpaired) electrons. The summed E-state index contributed by atoms with van der Waals surface area (Å²) in [6, 6.07) is 12.9.